The van der Waals surface area contributed by atoms with E-state index in [0.717, 1.165) is 10.0 Å². The van der Waals surface area contributed by atoms with E-state index in [1.54, 1.807) is 48.5 Å². The first-order valence-electron chi connectivity index (χ1n) is 14.4. The van der Waals surface area contributed by atoms with Gasteiger partial charge in [-0.1, -0.05) is 87.7 Å². The number of nitrogens with one attached hydrogen (secondary N) is 4. The number of nitrogens with two attached hydrogens (primary N) is 1. The van der Waals surface area contributed by atoms with Crippen LogP contribution >= 0.6 is 31.9 Å². The topological polar surface area (TPSA) is 197 Å². The Labute approximate surface area is 278 Å². The molecule has 14 heteroatoms. The van der Waals surface area contributed by atoms with Crippen molar-refractivity contribution in [3.8, 4) is 0 Å². The largest absolute Gasteiger partial charge is 0.481 e. The van der Waals surface area contributed by atoms with E-state index in [-0.39, 0.29) is 19.3 Å². The first-order valence-corrected chi connectivity index (χ1v) is 16.1. The maximum Gasteiger partial charge on any atom is 0.303 e. The highest BCUT2D eigenvalue weighted by Crippen LogP contribution is 2.16. The molecule has 0 fully saturated rings. The zero-order chi connectivity index (χ0) is 33.5. The molecule has 0 aromatic heterocycles. The molecular formula is C31H39Br2N5O7. The Hall–Kier alpha value is -3.78. The van der Waals surface area contributed by atoms with Gasteiger partial charge in [0.15, 0.2) is 0 Å². The van der Waals surface area contributed by atoms with Crippen LogP contribution in [0.25, 0.3) is 0 Å². The van der Waals surface area contributed by atoms with Crippen molar-refractivity contribution in [3.05, 3.63) is 70.2 Å². The zero-order valence-electron chi connectivity index (χ0n) is 25.1. The van der Waals surface area contributed by atoms with Gasteiger partial charge < -0.3 is 32.1 Å². The number of carbonyl (C=O) groups excluding carboxylic acids is 5. The van der Waals surface area contributed by atoms with Gasteiger partial charge in [0.05, 0.1) is 0 Å². The fourth-order valence-electron chi connectivity index (χ4n) is 4.51. The van der Waals surface area contributed by atoms with Gasteiger partial charge in [-0.15, -0.1) is 0 Å². The minimum absolute atomic E-state index is 0.0602. The summed E-state index contributed by atoms with van der Waals surface area (Å²) >= 11 is 6.82. The molecule has 2 rings (SSSR count). The van der Waals surface area contributed by atoms with Crippen LogP contribution < -0.4 is 27.0 Å². The Morgan fingerprint density at radius 2 is 1.38 bits per heavy atom. The van der Waals surface area contributed by atoms with E-state index in [9.17, 15) is 33.9 Å². The lowest BCUT2D eigenvalue weighted by atomic mass is 10.0. The van der Waals surface area contributed by atoms with Crippen molar-refractivity contribution < 1.29 is 33.9 Å². The first-order chi connectivity index (χ1) is 21.3. The number of carbonyl (C=O) groups is 6. The third-order valence-electron chi connectivity index (χ3n) is 6.75. The van der Waals surface area contributed by atoms with Crippen LogP contribution in [0.2, 0.25) is 0 Å². The SMILES string of the molecule is CCCC(Br)[C@H](NC(=O)[C@H](Cc1ccccc1)NC(C)=O)C(=O)N[C@@H](CCC(=O)O)C(=O)N[C@@H](Cc1cccc(Br)c1)C(N)=O. The number of primary amides is 1. The van der Waals surface area contributed by atoms with Crippen LogP contribution in [-0.4, -0.2) is 69.6 Å². The quantitative estimate of drug-likeness (QED) is 0.125. The lowest BCUT2D eigenvalue weighted by Crippen LogP contribution is -2.60. The van der Waals surface area contributed by atoms with E-state index < -0.39 is 70.9 Å². The van der Waals surface area contributed by atoms with Crippen molar-refractivity contribution in [1.29, 1.82) is 0 Å². The van der Waals surface area contributed by atoms with E-state index in [2.05, 4.69) is 53.1 Å². The van der Waals surface area contributed by atoms with E-state index >= 15 is 0 Å². The van der Waals surface area contributed by atoms with Crippen LogP contribution in [0.1, 0.15) is 50.7 Å². The number of amides is 5. The van der Waals surface area contributed by atoms with Crippen LogP contribution in [0.5, 0.6) is 0 Å². The van der Waals surface area contributed by atoms with Crippen molar-refractivity contribution in [3.63, 3.8) is 0 Å². The minimum Gasteiger partial charge on any atom is -0.481 e. The molecule has 2 aromatic carbocycles. The third kappa shape index (κ3) is 13.4. The van der Waals surface area contributed by atoms with E-state index in [1.807, 2.05) is 13.0 Å². The lowest BCUT2D eigenvalue weighted by Gasteiger charge is -2.28. The molecule has 1 unspecified atom stereocenters. The number of aliphatic carboxylic acids is 1. The molecule has 7 N–H and O–H groups in total. The number of carboxylic acids is 1. The molecule has 2 aromatic rings. The summed E-state index contributed by atoms with van der Waals surface area (Å²) in [6.45, 7) is 3.17. The Morgan fingerprint density at radius 1 is 0.778 bits per heavy atom. The number of rotatable bonds is 18. The molecule has 0 saturated heterocycles. The molecule has 0 spiro atoms. The monoisotopic (exact) mass is 751 g/mol. The normalized spacial score (nSPS) is 14.1. The summed E-state index contributed by atoms with van der Waals surface area (Å²) in [5.74, 6) is -4.64. The van der Waals surface area contributed by atoms with Crippen molar-refractivity contribution in [2.75, 3.05) is 0 Å². The molecule has 0 heterocycles. The molecule has 244 valence electrons. The van der Waals surface area contributed by atoms with Gasteiger partial charge in [-0.05, 0) is 36.1 Å². The Kier molecular flexibility index (Phi) is 15.7. The number of hydrogen-bond donors (Lipinski definition) is 6. The fraction of sp³-hybridized carbons (Fsp3) is 0.419. The summed E-state index contributed by atoms with van der Waals surface area (Å²) in [5, 5.41) is 19.7. The molecule has 0 bridgehead atoms. The molecule has 0 saturated carbocycles. The van der Waals surface area contributed by atoms with Crippen molar-refractivity contribution in [2.24, 2.45) is 5.73 Å². The summed E-state index contributed by atoms with van der Waals surface area (Å²) in [5.41, 5.74) is 7.05. The van der Waals surface area contributed by atoms with Crippen LogP contribution in [0.15, 0.2) is 59.1 Å². The average molecular weight is 753 g/mol. The van der Waals surface area contributed by atoms with Gasteiger partial charge in [0.2, 0.25) is 29.5 Å². The second-order valence-electron chi connectivity index (χ2n) is 10.5. The molecule has 12 nitrogen and oxygen atoms in total. The standard InChI is InChI=1S/C31H39Br2N5O7/c1-3-8-22(33)27(38-30(44)25(35-18(2)39)16-19-9-5-4-6-10-19)31(45)36-23(13-14-26(40)41)29(43)37-24(28(34)42)17-20-11-7-12-21(32)15-20/h4-7,9-12,15,22-25,27H,3,8,13-14,16-17H2,1-2H3,(H2,34,42)(H,35,39)(H,36,45)(H,37,43)(H,38,44)(H,40,41)/t22?,23-,24-,25-,27-/m0/s1. The Bertz CT molecular complexity index is 1340. The molecule has 0 radical (unpaired) electrons. The smallest absolute Gasteiger partial charge is 0.303 e. The number of halogens is 2. The van der Waals surface area contributed by atoms with Gasteiger partial charge in [-0.2, -0.15) is 0 Å². The van der Waals surface area contributed by atoms with Crippen LogP contribution in [-0.2, 0) is 41.6 Å². The van der Waals surface area contributed by atoms with Gasteiger partial charge in [-0.25, -0.2) is 0 Å². The van der Waals surface area contributed by atoms with E-state index in [0.29, 0.717) is 18.4 Å². The summed E-state index contributed by atoms with van der Waals surface area (Å²) in [6.07, 6.45) is 0.579. The molecule has 0 aliphatic heterocycles. The number of carboxylic acid groups (broad SMARTS) is 1. The highest BCUT2D eigenvalue weighted by molar-refractivity contribution is 9.10. The third-order valence-corrected chi connectivity index (χ3v) is 8.23. The maximum absolute atomic E-state index is 13.6. The van der Waals surface area contributed by atoms with Gasteiger partial charge in [0.1, 0.15) is 24.2 Å². The summed E-state index contributed by atoms with van der Waals surface area (Å²) in [4.78, 5) is 75.4. The van der Waals surface area contributed by atoms with E-state index in [1.165, 1.54) is 6.92 Å². The minimum atomic E-state index is -1.37. The molecule has 0 aliphatic rings. The second kappa shape index (κ2) is 18.9. The van der Waals surface area contributed by atoms with Gasteiger partial charge in [0.25, 0.3) is 0 Å². The van der Waals surface area contributed by atoms with Crippen molar-refractivity contribution >= 4 is 67.4 Å². The van der Waals surface area contributed by atoms with Crippen LogP contribution in [0.4, 0.5) is 0 Å². The van der Waals surface area contributed by atoms with Crippen LogP contribution in [0.3, 0.4) is 0 Å². The second-order valence-corrected chi connectivity index (χ2v) is 12.6. The Morgan fingerprint density at radius 3 is 1.96 bits per heavy atom. The summed E-state index contributed by atoms with van der Waals surface area (Å²) < 4.78 is 0.759. The molecule has 45 heavy (non-hydrogen) atoms. The average Bonchev–Trinajstić information content (AvgIpc) is 2.97. The van der Waals surface area contributed by atoms with Gasteiger partial charge in [-0.3, -0.25) is 28.8 Å². The van der Waals surface area contributed by atoms with E-state index in [4.69, 9.17) is 5.73 Å². The number of benzene rings is 2. The first kappa shape index (κ1) is 37.4. The summed E-state index contributed by atoms with van der Waals surface area (Å²) in [6, 6.07) is 11.4. The molecule has 0 aliphatic carbocycles. The predicted molar refractivity (Wildman–Crippen MR) is 175 cm³/mol. The van der Waals surface area contributed by atoms with Gasteiger partial charge in [0, 0.05) is 35.5 Å². The highest BCUT2D eigenvalue weighted by atomic mass is 79.9. The van der Waals surface area contributed by atoms with Crippen molar-refractivity contribution in [1.82, 2.24) is 21.3 Å². The zero-order valence-corrected chi connectivity index (χ0v) is 28.2. The molecule has 5 amide bonds. The van der Waals surface area contributed by atoms with Crippen LogP contribution in [0, 0.1) is 0 Å². The fourth-order valence-corrected chi connectivity index (χ4v) is 5.79. The highest BCUT2D eigenvalue weighted by Gasteiger charge is 2.34. The number of hydrogen-bond acceptors (Lipinski definition) is 6. The Balaban J connectivity index is 2.28. The van der Waals surface area contributed by atoms with Gasteiger partial charge >= 0.3 is 5.97 Å². The lowest BCUT2D eigenvalue weighted by molar-refractivity contribution is -0.138. The van der Waals surface area contributed by atoms with Crippen molar-refractivity contribution in [2.45, 2.75) is 81.4 Å². The maximum atomic E-state index is 13.6. The molecular weight excluding hydrogens is 714 g/mol. The molecule has 5 atom stereocenters. The summed E-state index contributed by atoms with van der Waals surface area (Å²) in [7, 11) is 0. The number of alkyl halides is 1. The predicted octanol–water partition coefficient (Wildman–Crippen LogP) is 2.11.